The minimum Gasteiger partial charge on any atom is -0.338 e. The van der Waals surface area contributed by atoms with E-state index in [1.807, 2.05) is 4.90 Å². The van der Waals surface area contributed by atoms with Gasteiger partial charge in [-0.25, -0.2) is 0 Å². The van der Waals surface area contributed by atoms with Crippen molar-refractivity contribution in [3.05, 3.63) is 0 Å². The number of nitrogens with two attached hydrogens (primary N) is 1. The van der Waals surface area contributed by atoms with Crippen LogP contribution in [-0.4, -0.2) is 29.4 Å². The van der Waals surface area contributed by atoms with Crippen LogP contribution < -0.4 is 5.73 Å². The molecule has 3 heteroatoms. The van der Waals surface area contributed by atoms with Gasteiger partial charge in [-0.2, -0.15) is 0 Å². The van der Waals surface area contributed by atoms with Crippen LogP contribution in [0.15, 0.2) is 0 Å². The highest BCUT2D eigenvalue weighted by Crippen LogP contribution is 2.44. The topological polar surface area (TPSA) is 46.3 Å². The quantitative estimate of drug-likeness (QED) is 0.819. The second-order valence-electron chi connectivity index (χ2n) is 6.39. The zero-order chi connectivity index (χ0) is 12.7. The van der Waals surface area contributed by atoms with E-state index < -0.39 is 0 Å². The molecule has 2 fully saturated rings. The van der Waals surface area contributed by atoms with Gasteiger partial charge in [-0.1, -0.05) is 33.6 Å². The Morgan fingerprint density at radius 3 is 2.24 bits per heavy atom. The van der Waals surface area contributed by atoms with E-state index in [1.165, 1.54) is 12.8 Å². The minimum absolute atomic E-state index is 0.0433. The molecule has 98 valence electrons. The number of likely N-dealkylation sites (tertiary alicyclic amines) is 1. The monoisotopic (exact) mass is 238 g/mol. The summed E-state index contributed by atoms with van der Waals surface area (Å²) in [5.74, 6) is 0.826. The molecule has 0 unspecified atom stereocenters. The molecule has 1 saturated carbocycles. The van der Waals surface area contributed by atoms with Crippen LogP contribution in [-0.2, 0) is 4.79 Å². The van der Waals surface area contributed by atoms with E-state index in [0.717, 1.165) is 32.4 Å². The Morgan fingerprint density at radius 2 is 1.82 bits per heavy atom. The summed E-state index contributed by atoms with van der Waals surface area (Å²) in [6, 6.07) is 0. The maximum Gasteiger partial charge on any atom is 0.228 e. The number of amides is 1. The highest BCUT2D eigenvalue weighted by Gasteiger charge is 2.50. The van der Waals surface area contributed by atoms with Crippen molar-refractivity contribution >= 4 is 5.91 Å². The number of hydrogen-bond donors (Lipinski definition) is 1. The van der Waals surface area contributed by atoms with Crippen LogP contribution in [0.4, 0.5) is 0 Å². The zero-order valence-corrected chi connectivity index (χ0v) is 11.5. The van der Waals surface area contributed by atoms with Gasteiger partial charge in [0.2, 0.25) is 5.91 Å². The summed E-state index contributed by atoms with van der Waals surface area (Å²) in [4.78, 5) is 14.6. The van der Waals surface area contributed by atoms with E-state index in [2.05, 4.69) is 20.8 Å². The number of hydrogen-bond acceptors (Lipinski definition) is 2. The first-order valence-corrected chi connectivity index (χ1v) is 7.02. The Balaban J connectivity index is 1.99. The minimum atomic E-state index is -0.136. The summed E-state index contributed by atoms with van der Waals surface area (Å²) >= 11 is 0. The lowest BCUT2D eigenvalue weighted by atomic mass is 9.76. The van der Waals surface area contributed by atoms with Crippen molar-refractivity contribution in [2.75, 3.05) is 13.1 Å². The fourth-order valence-corrected chi connectivity index (χ4v) is 3.28. The molecule has 0 aromatic rings. The average Bonchev–Trinajstić information content (AvgIpc) is 2.73. The molecule has 2 N–H and O–H groups in total. The fourth-order valence-electron chi connectivity index (χ4n) is 3.28. The largest absolute Gasteiger partial charge is 0.338 e. The van der Waals surface area contributed by atoms with E-state index in [-0.39, 0.29) is 11.0 Å². The van der Waals surface area contributed by atoms with Crippen molar-refractivity contribution < 1.29 is 4.79 Å². The molecule has 17 heavy (non-hydrogen) atoms. The fraction of sp³-hybridized carbons (Fsp3) is 0.929. The van der Waals surface area contributed by atoms with E-state index in [0.29, 0.717) is 11.8 Å². The lowest BCUT2D eigenvalue weighted by Gasteiger charge is -2.52. The first-order chi connectivity index (χ1) is 7.93. The van der Waals surface area contributed by atoms with E-state index in [4.69, 9.17) is 5.73 Å². The Labute approximate surface area is 105 Å². The van der Waals surface area contributed by atoms with Gasteiger partial charge < -0.3 is 10.6 Å². The van der Waals surface area contributed by atoms with Crippen molar-refractivity contribution in [1.82, 2.24) is 4.90 Å². The summed E-state index contributed by atoms with van der Waals surface area (Å²) in [7, 11) is 0. The van der Waals surface area contributed by atoms with Crippen molar-refractivity contribution in [2.24, 2.45) is 17.1 Å². The molecule has 0 radical (unpaired) electrons. The van der Waals surface area contributed by atoms with Gasteiger partial charge >= 0.3 is 0 Å². The van der Waals surface area contributed by atoms with Crippen LogP contribution in [0.1, 0.15) is 52.9 Å². The Hall–Kier alpha value is -0.570. The predicted octanol–water partition coefficient (Wildman–Crippen LogP) is 2.15. The van der Waals surface area contributed by atoms with Crippen LogP contribution >= 0.6 is 0 Å². The van der Waals surface area contributed by atoms with Crippen molar-refractivity contribution in [1.29, 1.82) is 0 Å². The normalized spacial score (nSPS) is 26.1. The van der Waals surface area contributed by atoms with Gasteiger partial charge in [-0.05, 0) is 25.2 Å². The van der Waals surface area contributed by atoms with Crippen molar-refractivity contribution in [2.45, 2.75) is 58.4 Å². The number of nitrogens with zero attached hydrogens (tertiary/aromatic N) is 1. The Morgan fingerprint density at radius 1 is 1.29 bits per heavy atom. The first kappa shape index (κ1) is 12.9. The molecule has 0 bridgehead atoms. The van der Waals surface area contributed by atoms with Crippen LogP contribution in [0, 0.1) is 11.3 Å². The second-order valence-corrected chi connectivity index (χ2v) is 6.39. The van der Waals surface area contributed by atoms with Gasteiger partial charge in [0.25, 0.3) is 0 Å². The second kappa shape index (κ2) is 4.27. The van der Waals surface area contributed by atoms with Crippen LogP contribution in [0.2, 0.25) is 0 Å². The summed E-state index contributed by atoms with van der Waals surface area (Å²) in [6.07, 6.45) is 5.58. The molecule has 1 aliphatic heterocycles. The van der Waals surface area contributed by atoms with Crippen LogP contribution in [0.25, 0.3) is 0 Å². The number of carbonyl (C=O) groups excluding carboxylic acids is 1. The maximum atomic E-state index is 12.6. The highest BCUT2D eigenvalue weighted by atomic mass is 16.2. The summed E-state index contributed by atoms with van der Waals surface area (Å²) < 4.78 is 0. The molecule has 3 nitrogen and oxygen atoms in total. The van der Waals surface area contributed by atoms with E-state index in [1.54, 1.807) is 0 Å². The third kappa shape index (κ3) is 1.99. The van der Waals surface area contributed by atoms with Crippen LogP contribution in [0.5, 0.6) is 0 Å². The molecule has 0 spiro atoms. The van der Waals surface area contributed by atoms with E-state index >= 15 is 0 Å². The number of rotatable bonds is 3. The third-order valence-electron chi connectivity index (χ3n) is 5.10. The summed E-state index contributed by atoms with van der Waals surface area (Å²) in [5, 5.41) is 0. The van der Waals surface area contributed by atoms with Gasteiger partial charge in [-0.15, -0.1) is 0 Å². The molecule has 1 heterocycles. The lowest BCUT2D eigenvalue weighted by Crippen LogP contribution is -2.72. The average molecular weight is 238 g/mol. The Kier molecular flexibility index (Phi) is 3.23. The zero-order valence-electron chi connectivity index (χ0n) is 11.5. The molecule has 1 saturated heterocycles. The van der Waals surface area contributed by atoms with Gasteiger partial charge in [0.05, 0.1) is 5.54 Å². The standard InChI is InChI=1S/C14H26N2O/c1-4-13(7-5-6-8-13)12(17)16-9-14(15,10-16)11(2)3/h11H,4-10,15H2,1-3H3. The maximum absolute atomic E-state index is 12.6. The molecule has 0 atom stereocenters. The van der Waals surface area contributed by atoms with Gasteiger partial charge in [0, 0.05) is 18.5 Å². The molecule has 2 aliphatic rings. The van der Waals surface area contributed by atoms with Gasteiger partial charge in [0.1, 0.15) is 0 Å². The molecular weight excluding hydrogens is 212 g/mol. The van der Waals surface area contributed by atoms with Crippen molar-refractivity contribution in [3.63, 3.8) is 0 Å². The molecular formula is C14H26N2O. The lowest BCUT2D eigenvalue weighted by molar-refractivity contribution is -0.151. The summed E-state index contributed by atoms with van der Waals surface area (Å²) in [6.45, 7) is 7.96. The van der Waals surface area contributed by atoms with Gasteiger partial charge in [-0.3, -0.25) is 4.79 Å². The highest BCUT2D eigenvalue weighted by molar-refractivity contribution is 5.84. The van der Waals surface area contributed by atoms with Gasteiger partial charge in [0.15, 0.2) is 0 Å². The molecule has 0 aromatic carbocycles. The van der Waals surface area contributed by atoms with Crippen molar-refractivity contribution in [3.8, 4) is 0 Å². The third-order valence-corrected chi connectivity index (χ3v) is 5.10. The smallest absolute Gasteiger partial charge is 0.228 e. The van der Waals surface area contributed by atoms with E-state index in [9.17, 15) is 4.79 Å². The molecule has 2 rings (SSSR count). The summed E-state index contributed by atoms with van der Waals surface area (Å²) in [5.41, 5.74) is 6.08. The predicted molar refractivity (Wildman–Crippen MR) is 69.5 cm³/mol. The van der Waals surface area contributed by atoms with Crippen LogP contribution in [0.3, 0.4) is 0 Å². The number of carbonyl (C=O) groups is 1. The Bertz CT molecular complexity index is 299. The first-order valence-electron chi connectivity index (χ1n) is 7.02. The molecule has 1 aliphatic carbocycles. The molecule has 1 amide bonds. The SMILES string of the molecule is CCC1(C(=O)N2CC(N)(C(C)C)C2)CCCC1. The molecule has 0 aromatic heterocycles.